The van der Waals surface area contributed by atoms with Crippen molar-refractivity contribution < 1.29 is 14.2 Å². The van der Waals surface area contributed by atoms with Crippen molar-refractivity contribution >= 4 is 0 Å². The van der Waals surface area contributed by atoms with Crippen LogP contribution in [-0.2, 0) is 11.3 Å². The monoisotopic (exact) mass is 279 g/mol. The summed E-state index contributed by atoms with van der Waals surface area (Å²) in [4.78, 5) is 0. The zero-order valence-corrected chi connectivity index (χ0v) is 12.7. The van der Waals surface area contributed by atoms with E-state index >= 15 is 0 Å². The molecule has 1 aliphatic rings. The predicted octanol–water partition coefficient (Wildman–Crippen LogP) is 2.75. The van der Waals surface area contributed by atoms with Gasteiger partial charge in [-0.1, -0.05) is 6.07 Å². The normalized spacial score (nSPS) is 17.8. The Hall–Kier alpha value is -1.26. The van der Waals surface area contributed by atoms with Crippen molar-refractivity contribution in [2.24, 2.45) is 0 Å². The fourth-order valence-electron chi connectivity index (χ4n) is 2.41. The lowest BCUT2D eigenvalue weighted by Crippen LogP contribution is -2.46. The molecule has 0 spiro atoms. The Morgan fingerprint density at radius 2 is 2.00 bits per heavy atom. The highest BCUT2D eigenvalue weighted by atomic mass is 16.5. The van der Waals surface area contributed by atoms with Gasteiger partial charge >= 0.3 is 0 Å². The van der Waals surface area contributed by atoms with Crippen LogP contribution in [-0.4, -0.2) is 32.5 Å². The first-order valence-electron chi connectivity index (χ1n) is 7.29. The van der Waals surface area contributed by atoms with E-state index in [-0.39, 0.29) is 5.54 Å². The largest absolute Gasteiger partial charge is 0.493 e. The first-order valence-corrected chi connectivity index (χ1v) is 7.29. The highest BCUT2D eigenvalue weighted by molar-refractivity contribution is 5.43. The maximum atomic E-state index is 5.61. The molecule has 0 atom stereocenters. The second-order valence-corrected chi connectivity index (χ2v) is 5.44. The SMILES string of the molecule is CCOc1cc(CNC2(C)CCOCC2)ccc1OC. The highest BCUT2D eigenvalue weighted by Gasteiger charge is 2.26. The number of ether oxygens (including phenoxy) is 3. The van der Waals surface area contributed by atoms with E-state index in [0.29, 0.717) is 6.61 Å². The lowest BCUT2D eigenvalue weighted by molar-refractivity contribution is 0.0446. The van der Waals surface area contributed by atoms with Crippen molar-refractivity contribution in [2.45, 2.75) is 38.8 Å². The molecule has 0 saturated carbocycles. The summed E-state index contributed by atoms with van der Waals surface area (Å²) < 4.78 is 16.3. The van der Waals surface area contributed by atoms with Crippen LogP contribution in [0.15, 0.2) is 18.2 Å². The molecule has 0 unspecified atom stereocenters. The van der Waals surface area contributed by atoms with Crippen LogP contribution in [0.25, 0.3) is 0 Å². The second-order valence-electron chi connectivity index (χ2n) is 5.44. The van der Waals surface area contributed by atoms with E-state index in [1.165, 1.54) is 5.56 Å². The molecule has 1 aromatic carbocycles. The van der Waals surface area contributed by atoms with E-state index in [1.807, 2.05) is 13.0 Å². The number of hydrogen-bond donors (Lipinski definition) is 1. The van der Waals surface area contributed by atoms with E-state index in [1.54, 1.807) is 7.11 Å². The Morgan fingerprint density at radius 3 is 2.65 bits per heavy atom. The molecule has 1 aromatic rings. The second kappa shape index (κ2) is 6.95. The van der Waals surface area contributed by atoms with Crippen molar-refractivity contribution in [3.8, 4) is 11.5 Å². The molecule has 4 nitrogen and oxygen atoms in total. The summed E-state index contributed by atoms with van der Waals surface area (Å²) in [6.07, 6.45) is 2.11. The number of nitrogens with one attached hydrogen (secondary N) is 1. The summed E-state index contributed by atoms with van der Waals surface area (Å²) in [5.41, 5.74) is 1.38. The number of methoxy groups -OCH3 is 1. The Labute approximate surface area is 121 Å². The van der Waals surface area contributed by atoms with E-state index < -0.39 is 0 Å². The molecule has 1 heterocycles. The van der Waals surface area contributed by atoms with Crippen molar-refractivity contribution in [1.82, 2.24) is 5.32 Å². The van der Waals surface area contributed by atoms with Gasteiger partial charge in [-0.05, 0) is 44.4 Å². The van der Waals surface area contributed by atoms with Crippen molar-refractivity contribution in [2.75, 3.05) is 26.9 Å². The van der Waals surface area contributed by atoms with E-state index in [0.717, 1.165) is 44.1 Å². The molecule has 2 rings (SSSR count). The molecule has 0 bridgehead atoms. The fourth-order valence-corrected chi connectivity index (χ4v) is 2.41. The zero-order chi connectivity index (χ0) is 14.4. The summed E-state index contributed by atoms with van der Waals surface area (Å²) in [6, 6.07) is 6.10. The summed E-state index contributed by atoms with van der Waals surface area (Å²) in [6.45, 7) is 7.41. The first-order chi connectivity index (χ1) is 9.67. The van der Waals surface area contributed by atoms with Gasteiger partial charge in [0, 0.05) is 25.3 Å². The van der Waals surface area contributed by atoms with Crippen LogP contribution < -0.4 is 14.8 Å². The van der Waals surface area contributed by atoms with Gasteiger partial charge in [0.2, 0.25) is 0 Å². The highest BCUT2D eigenvalue weighted by Crippen LogP contribution is 2.28. The smallest absolute Gasteiger partial charge is 0.161 e. The van der Waals surface area contributed by atoms with Crippen LogP contribution in [0.4, 0.5) is 0 Å². The molecule has 112 valence electrons. The summed E-state index contributed by atoms with van der Waals surface area (Å²) >= 11 is 0. The van der Waals surface area contributed by atoms with Crippen molar-refractivity contribution in [1.29, 1.82) is 0 Å². The minimum absolute atomic E-state index is 0.171. The lowest BCUT2D eigenvalue weighted by atomic mass is 9.92. The maximum absolute atomic E-state index is 5.61. The van der Waals surface area contributed by atoms with Crippen LogP contribution in [0.3, 0.4) is 0 Å². The molecule has 0 aliphatic carbocycles. The third kappa shape index (κ3) is 3.87. The molecule has 20 heavy (non-hydrogen) atoms. The fraction of sp³-hybridized carbons (Fsp3) is 0.625. The number of hydrogen-bond acceptors (Lipinski definition) is 4. The Morgan fingerprint density at radius 1 is 1.25 bits per heavy atom. The molecule has 1 aliphatic heterocycles. The topological polar surface area (TPSA) is 39.7 Å². The van der Waals surface area contributed by atoms with Gasteiger partial charge in [0.15, 0.2) is 11.5 Å². The van der Waals surface area contributed by atoms with Crippen molar-refractivity contribution in [3.63, 3.8) is 0 Å². The Bertz CT molecular complexity index is 428. The van der Waals surface area contributed by atoms with Gasteiger partial charge in [0.1, 0.15) is 0 Å². The van der Waals surface area contributed by atoms with Gasteiger partial charge in [-0.2, -0.15) is 0 Å². The zero-order valence-electron chi connectivity index (χ0n) is 12.7. The molecular weight excluding hydrogens is 254 g/mol. The quantitative estimate of drug-likeness (QED) is 0.869. The third-order valence-electron chi connectivity index (χ3n) is 3.84. The van der Waals surface area contributed by atoms with Gasteiger partial charge in [0.05, 0.1) is 13.7 Å². The van der Waals surface area contributed by atoms with Gasteiger partial charge < -0.3 is 19.5 Å². The molecule has 0 amide bonds. The third-order valence-corrected chi connectivity index (χ3v) is 3.84. The summed E-state index contributed by atoms with van der Waals surface area (Å²) in [7, 11) is 1.67. The van der Waals surface area contributed by atoms with Crippen LogP contribution in [0.1, 0.15) is 32.3 Å². The summed E-state index contributed by atoms with van der Waals surface area (Å²) in [5, 5.41) is 3.64. The van der Waals surface area contributed by atoms with Gasteiger partial charge in [-0.3, -0.25) is 0 Å². The van der Waals surface area contributed by atoms with E-state index in [2.05, 4.69) is 24.4 Å². The summed E-state index contributed by atoms with van der Waals surface area (Å²) in [5.74, 6) is 1.60. The van der Waals surface area contributed by atoms with Gasteiger partial charge in [-0.25, -0.2) is 0 Å². The molecule has 1 N–H and O–H groups in total. The standard InChI is InChI=1S/C16H25NO3/c1-4-20-15-11-13(5-6-14(15)18-3)12-17-16(2)7-9-19-10-8-16/h5-6,11,17H,4,7-10,12H2,1-3H3. The average molecular weight is 279 g/mol. The molecule has 0 aromatic heterocycles. The van der Waals surface area contributed by atoms with Crippen LogP contribution in [0.2, 0.25) is 0 Å². The average Bonchev–Trinajstić information content (AvgIpc) is 2.47. The van der Waals surface area contributed by atoms with E-state index in [4.69, 9.17) is 14.2 Å². The molecule has 0 radical (unpaired) electrons. The first kappa shape index (κ1) is 15.1. The molecule has 1 fully saturated rings. The van der Waals surface area contributed by atoms with Gasteiger partial charge in [0.25, 0.3) is 0 Å². The van der Waals surface area contributed by atoms with Crippen LogP contribution in [0, 0.1) is 0 Å². The lowest BCUT2D eigenvalue weighted by Gasteiger charge is -2.34. The minimum atomic E-state index is 0.171. The van der Waals surface area contributed by atoms with Crippen molar-refractivity contribution in [3.05, 3.63) is 23.8 Å². The molecular formula is C16H25NO3. The molecule has 1 saturated heterocycles. The van der Waals surface area contributed by atoms with Gasteiger partial charge in [-0.15, -0.1) is 0 Å². The van der Waals surface area contributed by atoms with E-state index in [9.17, 15) is 0 Å². The maximum Gasteiger partial charge on any atom is 0.161 e. The van der Waals surface area contributed by atoms with Crippen LogP contribution >= 0.6 is 0 Å². The Kier molecular flexibility index (Phi) is 5.26. The molecule has 4 heteroatoms. The predicted molar refractivity (Wildman–Crippen MR) is 79.5 cm³/mol. The minimum Gasteiger partial charge on any atom is -0.493 e. The number of rotatable bonds is 6. The number of benzene rings is 1. The van der Waals surface area contributed by atoms with Crippen LogP contribution in [0.5, 0.6) is 11.5 Å². The Balaban J connectivity index is 2.00.